The highest BCUT2D eigenvalue weighted by molar-refractivity contribution is 5.96. The molecule has 0 fully saturated rings. The Morgan fingerprint density at radius 2 is 1.90 bits per heavy atom. The van der Waals surface area contributed by atoms with Gasteiger partial charge in [-0.15, -0.1) is 0 Å². The molecule has 0 radical (unpaired) electrons. The van der Waals surface area contributed by atoms with Crippen LogP contribution in [0.5, 0.6) is 5.75 Å². The zero-order valence-electron chi connectivity index (χ0n) is 22.6. The van der Waals surface area contributed by atoms with E-state index in [-0.39, 0.29) is 11.7 Å². The molecule has 0 unspecified atom stereocenters. The maximum Gasteiger partial charge on any atom is 0.229 e. The standard InChI is InChI=1S/C31H29FN6O2/c1-6-7-23(18-8-20(32)11-22(39)10-18)24-12-27(35-17(24)2)29-25-13-26(34-16-28(25)37-38-29)19-9-21(15-33-14-19)36-30(40)31(3,4)5/h6-16,35,39H,1H2,2-5H3,(H,36,40)(H,37,38)/b23-7-. The van der Waals surface area contributed by atoms with Crippen LogP contribution in [-0.2, 0) is 4.79 Å². The number of phenols is 1. The first-order valence-electron chi connectivity index (χ1n) is 12.7. The Bertz CT molecular complexity index is 1770. The summed E-state index contributed by atoms with van der Waals surface area (Å²) in [5, 5.41) is 21.3. The van der Waals surface area contributed by atoms with Crippen LogP contribution in [0.3, 0.4) is 0 Å². The average Bonchev–Trinajstić information content (AvgIpc) is 3.49. The van der Waals surface area contributed by atoms with Crippen LogP contribution in [0.2, 0.25) is 0 Å². The van der Waals surface area contributed by atoms with Crippen molar-refractivity contribution < 1.29 is 14.3 Å². The Hall–Kier alpha value is -5.05. The average molecular weight is 537 g/mol. The van der Waals surface area contributed by atoms with Gasteiger partial charge in [0.2, 0.25) is 5.91 Å². The number of benzene rings is 1. The van der Waals surface area contributed by atoms with Crippen molar-refractivity contribution >= 4 is 28.1 Å². The fourth-order valence-corrected chi connectivity index (χ4v) is 4.40. The van der Waals surface area contributed by atoms with Gasteiger partial charge in [-0.05, 0) is 48.4 Å². The number of hydrogen-bond donors (Lipinski definition) is 4. The molecule has 0 bridgehead atoms. The van der Waals surface area contributed by atoms with Crippen molar-refractivity contribution in [2.75, 3.05) is 5.32 Å². The molecule has 1 amide bonds. The van der Waals surface area contributed by atoms with Crippen LogP contribution in [0.4, 0.5) is 10.1 Å². The van der Waals surface area contributed by atoms with Gasteiger partial charge in [-0.25, -0.2) is 4.39 Å². The minimum atomic E-state index is -0.540. The molecule has 0 aliphatic carbocycles. The fraction of sp³-hybridized carbons (Fsp3) is 0.161. The summed E-state index contributed by atoms with van der Waals surface area (Å²) in [4.78, 5) is 24.7. The largest absolute Gasteiger partial charge is 0.508 e. The Morgan fingerprint density at radius 1 is 1.10 bits per heavy atom. The number of aromatic hydroxyl groups is 1. The number of aryl methyl sites for hydroxylation is 1. The summed E-state index contributed by atoms with van der Waals surface area (Å²) in [5.74, 6) is -0.801. The summed E-state index contributed by atoms with van der Waals surface area (Å²) in [7, 11) is 0. The van der Waals surface area contributed by atoms with Gasteiger partial charge in [0.25, 0.3) is 0 Å². The summed E-state index contributed by atoms with van der Waals surface area (Å²) in [6.07, 6.45) is 8.40. The van der Waals surface area contributed by atoms with Crippen molar-refractivity contribution in [2.45, 2.75) is 27.7 Å². The summed E-state index contributed by atoms with van der Waals surface area (Å²) in [5.41, 5.74) is 6.50. The lowest BCUT2D eigenvalue weighted by Crippen LogP contribution is -2.27. The van der Waals surface area contributed by atoms with Crippen LogP contribution in [0, 0.1) is 18.2 Å². The number of fused-ring (bicyclic) bond motifs is 1. The molecule has 0 atom stereocenters. The number of H-pyrrole nitrogens is 2. The maximum absolute atomic E-state index is 14.1. The van der Waals surface area contributed by atoms with Crippen molar-refractivity contribution in [1.29, 1.82) is 0 Å². The van der Waals surface area contributed by atoms with Crippen LogP contribution >= 0.6 is 0 Å². The maximum atomic E-state index is 14.1. The van der Waals surface area contributed by atoms with E-state index < -0.39 is 11.2 Å². The molecule has 4 aromatic heterocycles. The molecular formula is C31H29FN6O2. The van der Waals surface area contributed by atoms with E-state index >= 15 is 0 Å². The van der Waals surface area contributed by atoms with Crippen molar-refractivity contribution in [3.63, 3.8) is 0 Å². The predicted molar refractivity (Wildman–Crippen MR) is 155 cm³/mol. The molecule has 0 aliphatic heterocycles. The third-order valence-corrected chi connectivity index (χ3v) is 6.46. The fourth-order valence-electron chi connectivity index (χ4n) is 4.40. The predicted octanol–water partition coefficient (Wildman–Crippen LogP) is 6.77. The second-order valence-corrected chi connectivity index (χ2v) is 10.6. The number of phenolic OH excluding ortho intramolecular Hbond substituents is 1. The number of halogens is 1. The van der Waals surface area contributed by atoms with E-state index in [4.69, 9.17) is 0 Å². The van der Waals surface area contributed by atoms with E-state index in [1.807, 2.05) is 45.9 Å². The van der Waals surface area contributed by atoms with E-state index in [0.717, 1.165) is 39.5 Å². The van der Waals surface area contributed by atoms with Gasteiger partial charge >= 0.3 is 0 Å². The third-order valence-electron chi connectivity index (χ3n) is 6.46. The molecule has 4 N–H and O–H groups in total. The number of hydrogen-bond acceptors (Lipinski definition) is 5. The monoisotopic (exact) mass is 536 g/mol. The molecular weight excluding hydrogens is 507 g/mol. The van der Waals surface area contributed by atoms with Crippen molar-refractivity contribution in [2.24, 2.45) is 5.41 Å². The highest BCUT2D eigenvalue weighted by Gasteiger charge is 2.22. The first kappa shape index (κ1) is 26.6. The number of nitrogens with one attached hydrogen (secondary N) is 3. The number of carbonyl (C=O) groups is 1. The van der Waals surface area contributed by atoms with Crippen LogP contribution in [0.25, 0.3) is 39.1 Å². The normalized spacial score (nSPS) is 12.1. The zero-order chi connectivity index (χ0) is 28.6. The highest BCUT2D eigenvalue weighted by atomic mass is 19.1. The van der Waals surface area contributed by atoms with Crippen LogP contribution in [0.15, 0.2) is 73.7 Å². The van der Waals surface area contributed by atoms with Gasteiger partial charge in [0.1, 0.15) is 17.3 Å². The second-order valence-electron chi connectivity index (χ2n) is 10.6. The topological polar surface area (TPSA) is 120 Å². The first-order valence-corrected chi connectivity index (χ1v) is 12.7. The first-order chi connectivity index (χ1) is 19.0. The Labute approximate surface area is 230 Å². The number of aromatic nitrogens is 5. The van der Waals surface area contributed by atoms with E-state index in [1.54, 1.807) is 30.7 Å². The van der Waals surface area contributed by atoms with Gasteiger partial charge in [0.15, 0.2) is 0 Å². The quantitative estimate of drug-likeness (QED) is 0.179. The molecule has 0 aliphatic rings. The minimum absolute atomic E-state index is 0.108. The summed E-state index contributed by atoms with van der Waals surface area (Å²) >= 11 is 0. The summed E-state index contributed by atoms with van der Waals surface area (Å²) < 4.78 is 14.1. The number of pyridine rings is 2. The van der Waals surface area contributed by atoms with E-state index in [9.17, 15) is 14.3 Å². The molecule has 5 aromatic rings. The smallest absolute Gasteiger partial charge is 0.229 e. The Balaban J connectivity index is 1.54. The van der Waals surface area contributed by atoms with Crippen LogP contribution < -0.4 is 5.32 Å². The third kappa shape index (κ3) is 5.26. The van der Waals surface area contributed by atoms with Gasteiger partial charge in [0.05, 0.1) is 35.0 Å². The molecule has 9 heteroatoms. The van der Waals surface area contributed by atoms with Crippen LogP contribution in [-0.4, -0.2) is 36.2 Å². The highest BCUT2D eigenvalue weighted by Crippen LogP contribution is 2.35. The summed E-state index contributed by atoms with van der Waals surface area (Å²) in [6.45, 7) is 11.3. The number of carbonyl (C=O) groups excluding carboxylic acids is 1. The lowest BCUT2D eigenvalue weighted by atomic mass is 9.95. The molecule has 5 rings (SSSR count). The number of amides is 1. The number of anilines is 1. The van der Waals surface area contributed by atoms with Crippen molar-refractivity contribution in [3.05, 3.63) is 96.4 Å². The lowest BCUT2D eigenvalue weighted by Gasteiger charge is -2.17. The number of allylic oxidation sites excluding steroid dienone is 2. The molecule has 0 saturated carbocycles. The summed E-state index contributed by atoms with van der Waals surface area (Å²) in [6, 6.07) is 9.64. The van der Waals surface area contributed by atoms with E-state index in [0.29, 0.717) is 28.2 Å². The number of nitrogens with zero attached hydrogens (tertiary/aromatic N) is 3. The number of rotatable bonds is 6. The Kier molecular flexibility index (Phi) is 6.81. The van der Waals surface area contributed by atoms with Crippen molar-refractivity contribution in [3.8, 4) is 28.4 Å². The van der Waals surface area contributed by atoms with Gasteiger partial charge < -0.3 is 15.4 Å². The van der Waals surface area contributed by atoms with Crippen LogP contribution in [0.1, 0.15) is 37.6 Å². The molecule has 0 spiro atoms. The van der Waals surface area contributed by atoms with Crippen molar-refractivity contribution in [1.82, 2.24) is 25.1 Å². The van der Waals surface area contributed by atoms with Gasteiger partial charge in [0, 0.05) is 39.9 Å². The molecule has 202 valence electrons. The van der Waals surface area contributed by atoms with E-state index in [2.05, 4.69) is 37.0 Å². The molecule has 0 saturated heterocycles. The van der Waals surface area contributed by atoms with E-state index in [1.165, 1.54) is 12.1 Å². The molecule has 8 nitrogen and oxygen atoms in total. The van der Waals surface area contributed by atoms with Gasteiger partial charge in [-0.2, -0.15) is 5.10 Å². The Morgan fingerprint density at radius 3 is 2.62 bits per heavy atom. The van der Waals surface area contributed by atoms with Gasteiger partial charge in [-0.1, -0.05) is 39.5 Å². The SMILES string of the molecule is C=C/C=C(/c1cc(O)cc(F)c1)c1cc(-c2n[nH]c3cnc(-c4cncc(NC(=O)C(C)(C)C)c4)cc23)[nH]c1C. The second kappa shape index (κ2) is 10.3. The minimum Gasteiger partial charge on any atom is -0.508 e. The zero-order valence-corrected chi connectivity index (χ0v) is 22.6. The number of aromatic amines is 2. The van der Waals surface area contributed by atoms with Gasteiger partial charge in [-0.3, -0.25) is 19.9 Å². The molecule has 40 heavy (non-hydrogen) atoms. The molecule has 1 aromatic carbocycles. The molecule has 4 heterocycles. The lowest BCUT2D eigenvalue weighted by molar-refractivity contribution is -0.123.